The van der Waals surface area contributed by atoms with Gasteiger partial charge in [-0.3, -0.25) is 9.69 Å². The van der Waals surface area contributed by atoms with E-state index < -0.39 is 0 Å². The molecule has 112 valence electrons. The maximum absolute atomic E-state index is 12.9. The van der Waals surface area contributed by atoms with Crippen LogP contribution in [0, 0.1) is 20.8 Å². The molecule has 1 aliphatic heterocycles. The number of piperidine rings is 1. The van der Waals surface area contributed by atoms with Crippen LogP contribution in [0.15, 0.2) is 16.9 Å². The number of nitrogens with zero attached hydrogens (tertiary/aromatic N) is 1. The van der Waals surface area contributed by atoms with E-state index in [1.165, 1.54) is 19.3 Å². The fraction of sp³-hybridized carbons (Fsp3) is 0.500. The van der Waals surface area contributed by atoms with Crippen molar-refractivity contribution in [3.63, 3.8) is 0 Å². The van der Waals surface area contributed by atoms with E-state index in [2.05, 4.69) is 22.9 Å². The molecule has 0 atom stereocenters. The summed E-state index contributed by atoms with van der Waals surface area (Å²) in [5.74, 6) is 0. The first-order chi connectivity index (χ1) is 10.1. The molecular weight excluding hydrogens is 260 g/mol. The van der Waals surface area contributed by atoms with Crippen LogP contribution in [0.1, 0.15) is 41.6 Å². The highest BCUT2D eigenvalue weighted by atomic mass is 16.1. The van der Waals surface area contributed by atoms with E-state index in [0.717, 1.165) is 52.9 Å². The molecule has 0 amide bonds. The molecule has 3 heteroatoms. The lowest BCUT2D eigenvalue weighted by Gasteiger charge is -2.27. The van der Waals surface area contributed by atoms with E-state index in [4.69, 9.17) is 0 Å². The fourth-order valence-electron chi connectivity index (χ4n) is 3.38. The molecular formula is C18H24N2O. The molecule has 0 bridgehead atoms. The molecule has 0 radical (unpaired) electrons. The summed E-state index contributed by atoms with van der Waals surface area (Å²) >= 11 is 0. The Morgan fingerprint density at radius 2 is 1.71 bits per heavy atom. The van der Waals surface area contributed by atoms with E-state index in [-0.39, 0.29) is 5.43 Å². The van der Waals surface area contributed by atoms with Crippen molar-refractivity contribution in [3.8, 4) is 0 Å². The summed E-state index contributed by atoms with van der Waals surface area (Å²) in [6.07, 6.45) is 3.83. The van der Waals surface area contributed by atoms with Crippen LogP contribution in [0.25, 0.3) is 10.9 Å². The third-order valence-corrected chi connectivity index (χ3v) is 4.72. The number of pyridine rings is 1. The van der Waals surface area contributed by atoms with Crippen molar-refractivity contribution in [2.45, 2.75) is 46.6 Å². The number of benzene rings is 1. The molecule has 1 N–H and O–H groups in total. The minimum atomic E-state index is 0.216. The Morgan fingerprint density at radius 3 is 2.43 bits per heavy atom. The maximum atomic E-state index is 12.9. The summed E-state index contributed by atoms with van der Waals surface area (Å²) in [7, 11) is 0. The predicted molar refractivity (Wildman–Crippen MR) is 87.9 cm³/mol. The van der Waals surface area contributed by atoms with Crippen molar-refractivity contribution in [1.82, 2.24) is 9.88 Å². The molecule has 1 fully saturated rings. The highest BCUT2D eigenvalue weighted by molar-refractivity contribution is 5.85. The van der Waals surface area contributed by atoms with Crippen LogP contribution in [0.3, 0.4) is 0 Å². The minimum absolute atomic E-state index is 0.216. The summed E-state index contributed by atoms with van der Waals surface area (Å²) < 4.78 is 0. The summed E-state index contributed by atoms with van der Waals surface area (Å²) in [5.41, 5.74) is 5.38. The number of fused-ring (bicyclic) bond motifs is 1. The van der Waals surface area contributed by atoms with Crippen LogP contribution in [0.4, 0.5) is 0 Å². The Morgan fingerprint density at radius 1 is 1.05 bits per heavy atom. The normalized spacial score (nSPS) is 16.5. The van der Waals surface area contributed by atoms with Gasteiger partial charge in [0.1, 0.15) is 0 Å². The van der Waals surface area contributed by atoms with Crippen molar-refractivity contribution < 1.29 is 0 Å². The van der Waals surface area contributed by atoms with Gasteiger partial charge in [0, 0.05) is 23.2 Å². The Hall–Kier alpha value is -1.61. The van der Waals surface area contributed by atoms with Gasteiger partial charge in [0.2, 0.25) is 0 Å². The number of H-pyrrole nitrogens is 1. The largest absolute Gasteiger partial charge is 0.358 e. The minimum Gasteiger partial charge on any atom is -0.358 e. The Kier molecular flexibility index (Phi) is 3.85. The zero-order valence-electron chi connectivity index (χ0n) is 13.3. The summed E-state index contributed by atoms with van der Waals surface area (Å²) in [5, 5.41) is 0.868. The second-order valence-corrected chi connectivity index (χ2v) is 6.34. The number of aromatic amines is 1. The van der Waals surface area contributed by atoms with Gasteiger partial charge in [-0.15, -0.1) is 0 Å². The number of likely N-dealkylation sites (tertiary alicyclic amines) is 1. The molecule has 1 aliphatic rings. The third kappa shape index (κ3) is 2.62. The van der Waals surface area contributed by atoms with Gasteiger partial charge in [0.05, 0.1) is 5.52 Å². The van der Waals surface area contributed by atoms with Crippen LogP contribution in [-0.2, 0) is 6.54 Å². The molecule has 1 saturated heterocycles. The molecule has 1 aromatic heterocycles. The number of hydrogen-bond donors (Lipinski definition) is 1. The SMILES string of the molecule is Cc1[nH]c2c(C)ccc(C)c2c(=O)c1CN1CCCCC1. The third-order valence-electron chi connectivity index (χ3n) is 4.72. The summed E-state index contributed by atoms with van der Waals surface area (Å²) in [4.78, 5) is 18.8. The number of aromatic nitrogens is 1. The van der Waals surface area contributed by atoms with Crippen LogP contribution in [-0.4, -0.2) is 23.0 Å². The average molecular weight is 284 g/mol. The van der Waals surface area contributed by atoms with E-state index in [1.54, 1.807) is 0 Å². The van der Waals surface area contributed by atoms with Crippen LogP contribution in [0.2, 0.25) is 0 Å². The van der Waals surface area contributed by atoms with Crippen molar-refractivity contribution in [1.29, 1.82) is 0 Å². The van der Waals surface area contributed by atoms with Gasteiger partial charge >= 0.3 is 0 Å². The van der Waals surface area contributed by atoms with Crippen LogP contribution in [0.5, 0.6) is 0 Å². The first-order valence-electron chi connectivity index (χ1n) is 7.92. The number of nitrogens with one attached hydrogen (secondary N) is 1. The molecule has 3 rings (SSSR count). The number of rotatable bonds is 2. The molecule has 0 aliphatic carbocycles. The van der Waals surface area contributed by atoms with E-state index >= 15 is 0 Å². The van der Waals surface area contributed by atoms with Gasteiger partial charge in [-0.2, -0.15) is 0 Å². The van der Waals surface area contributed by atoms with Gasteiger partial charge in [-0.05, 0) is 57.8 Å². The Bertz CT molecular complexity index is 724. The maximum Gasteiger partial charge on any atom is 0.194 e. The van der Waals surface area contributed by atoms with Gasteiger partial charge in [0.25, 0.3) is 0 Å². The second-order valence-electron chi connectivity index (χ2n) is 6.34. The first-order valence-corrected chi connectivity index (χ1v) is 7.92. The Labute approximate surface area is 126 Å². The van der Waals surface area contributed by atoms with E-state index in [1.807, 2.05) is 19.9 Å². The first kappa shape index (κ1) is 14.3. The van der Waals surface area contributed by atoms with Crippen molar-refractivity contribution >= 4 is 10.9 Å². The van der Waals surface area contributed by atoms with Gasteiger partial charge in [-0.1, -0.05) is 18.6 Å². The molecule has 0 saturated carbocycles. The lowest BCUT2D eigenvalue weighted by atomic mass is 10.0. The second kappa shape index (κ2) is 5.64. The zero-order chi connectivity index (χ0) is 15.0. The van der Waals surface area contributed by atoms with Crippen molar-refractivity contribution in [3.05, 3.63) is 44.7 Å². The lowest BCUT2D eigenvalue weighted by Crippen LogP contribution is -2.32. The number of hydrogen-bond acceptors (Lipinski definition) is 2. The fourth-order valence-corrected chi connectivity index (χ4v) is 3.38. The topological polar surface area (TPSA) is 36.1 Å². The molecule has 2 heterocycles. The predicted octanol–water partition coefficient (Wildman–Crippen LogP) is 3.44. The molecule has 0 unspecified atom stereocenters. The summed E-state index contributed by atoms with van der Waals surface area (Å²) in [6, 6.07) is 4.13. The molecule has 0 spiro atoms. The average Bonchev–Trinajstić information content (AvgIpc) is 2.48. The lowest BCUT2D eigenvalue weighted by molar-refractivity contribution is 0.220. The monoisotopic (exact) mass is 284 g/mol. The standard InChI is InChI=1S/C18H24N2O/c1-12-7-8-13(2)17-16(12)18(21)15(14(3)19-17)11-20-9-5-4-6-10-20/h7-8H,4-6,9-11H2,1-3H3,(H,19,21). The number of aryl methyl sites for hydroxylation is 3. The quantitative estimate of drug-likeness (QED) is 0.917. The van der Waals surface area contributed by atoms with Crippen LogP contribution >= 0.6 is 0 Å². The van der Waals surface area contributed by atoms with Gasteiger partial charge in [0.15, 0.2) is 5.43 Å². The van der Waals surface area contributed by atoms with Crippen LogP contribution < -0.4 is 5.43 Å². The van der Waals surface area contributed by atoms with Crippen molar-refractivity contribution in [2.24, 2.45) is 0 Å². The van der Waals surface area contributed by atoms with Gasteiger partial charge < -0.3 is 4.98 Å². The molecule has 3 nitrogen and oxygen atoms in total. The van der Waals surface area contributed by atoms with E-state index in [9.17, 15) is 4.79 Å². The summed E-state index contributed by atoms with van der Waals surface area (Å²) in [6.45, 7) is 9.12. The highest BCUT2D eigenvalue weighted by Gasteiger charge is 2.17. The Balaban J connectivity index is 2.10. The van der Waals surface area contributed by atoms with E-state index in [0.29, 0.717) is 0 Å². The van der Waals surface area contributed by atoms with Crippen molar-refractivity contribution in [2.75, 3.05) is 13.1 Å². The molecule has 2 aromatic rings. The smallest absolute Gasteiger partial charge is 0.194 e. The van der Waals surface area contributed by atoms with Gasteiger partial charge in [-0.25, -0.2) is 0 Å². The molecule has 1 aromatic carbocycles. The molecule has 21 heavy (non-hydrogen) atoms. The highest BCUT2D eigenvalue weighted by Crippen LogP contribution is 2.20. The zero-order valence-corrected chi connectivity index (χ0v) is 13.3.